The number of nitrogens with zero attached hydrogens (tertiary/aromatic N) is 2. The van der Waals surface area contributed by atoms with Crippen LogP contribution in [0.15, 0.2) is 6.07 Å². The first-order chi connectivity index (χ1) is 7.75. The Labute approximate surface area is 102 Å². The monoisotopic (exact) mass is 258 g/mol. The van der Waals surface area contributed by atoms with Crippen LogP contribution in [-0.2, 0) is 34.5 Å². The van der Waals surface area contributed by atoms with Gasteiger partial charge in [-0.2, -0.15) is 5.10 Å². The molecule has 0 aliphatic rings. The van der Waals surface area contributed by atoms with Crippen LogP contribution >= 0.6 is 0 Å². The number of Topliss-reactive ketones (excluding diaryl/α,β-unsaturated/α-hetero) is 1. The van der Waals surface area contributed by atoms with Gasteiger partial charge >= 0.3 is 0 Å². The van der Waals surface area contributed by atoms with Crippen molar-refractivity contribution in [1.29, 1.82) is 0 Å². The molecule has 0 aliphatic carbocycles. The molecule has 17 heavy (non-hydrogen) atoms. The molecule has 0 radical (unpaired) electrons. The third-order valence-corrected chi connectivity index (χ3v) is 4.39. The number of aromatic nitrogens is 2. The molecule has 1 heterocycles. The maximum Gasteiger partial charge on any atom is 0.157 e. The topological polar surface area (TPSA) is 69.0 Å². The molecule has 6 heteroatoms. The van der Waals surface area contributed by atoms with Gasteiger partial charge in [0.05, 0.1) is 5.69 Å². The van der Waals surface area contributed by atoms with Crippen LogP contribution < -0.4 is 0 Å². The molecule has 1 rings (SSSR count). The van der Waals surface area contributed by atoms with E-state index in [0.717, 1.165) is 24.1 Å². The predicted molar refractivity (Wildman–Crippen MR) is 65.6 cm³/mol. The third kappa shape index (κ3) is 3.39. The van der Waals surface area contributed by atoms with Gasteiger partial charge in [-0.1, -0.05) is 6.92 Å². The van der Waals surface area contributed by atoms with Gasteiger partial charge in [0, 0.05) is 25.4 Å². The lowest BCUT2D eigenvalue weighted by Crippen LogP contribution is -2.28. The van der Waals surface area contributed by atoms with Crippen molar-refractivity contribution in [3.63, 3.8) is 0 Å². The van der Waals surface area contributed by atoms with Crippen molar-refractivity contribution in [3.05, 3.63) is 17.5 Å². The van der Waals surface area contributed by atoms with E-state index in [9.17, 15) is 13.2 Å². The smallest absolute Gasteiger partial charge is 0.157 e. The normalized spacial score (nSPS) is 13.6. The number of aryl methyl sites for hydroxylation is 2. The fourth-order valence-electron chi connectivity index (χ4n) is 1.47. The highest BCUT2D eigenvalue weighted by Crippen LogP contribution is 2.09. The first-order valence-electron chi connectivity index (χ1n) is 5.49. The van der Waals surface area contributed by atoms with Gasteiger partial charge in [0.25, 0.3) is 0 Å². The standard InChI is InChI=1S/C11H18N2O3S/c1-5-9-6-10(13(3)12-9)7-11(14)8(2)17(4,15)16/h6,8H,5,7H2,1-4H3. The van der Waals surface area contributed by atoms with Gasteiger partial charge in [-0.3, -0.25) is 9.48 Å². The molecule has 0 N–H and O–H groups in total. The van der Waals surface area contributed by atoms with Crippen molar-refractivity contribution < 1.29 is 13.2 Å². The average molecular weight is 258 g/mol. The van der Waals surface area contributed by atoms with E-state index in [0.29, 0.717) is 0 Å². The van der Waals surface area contributed by atoms with Crippen molar-refractivity contribution in [1.82, 2.24) is 9.78 Å². The number of sulfone groups is 1. The highest BCUT2D eigenvalue weighted by molar-refractivity contribution is 7.92. The molecule has 96 valence electrons. The maximum atomic E-state index is 11.8. The molecule has 0 fully saturated rings. The molecule has 5 nitrogen and oxygen atoms in total. The maximum absolute atomic E-state index is 11.8. The van der Waals surface area contributed by atoms with Crippen molar-refractivity contribution in [3.8, 4) is 0 Å². The molecule has 1 unspecified atom stereocenters. The van der Waals surface area contributed by atoms with E-state index >= 15 is 0 Å². The summed E-state index contributed by atoms with van der Waals surface area (Å²) in [5, 5.41) is 3.26. The summed E-state index contributed by atoms with van der Waals surface area (Å²) < 4.78 is 24.2. The lowest BCUT2D eigenvalue weighted by molar-refractivity contribution is -0.117. The van der Waals surface area contributed by atoms with Crippen molar-refractivity contribution in [2.24, 2.45) is 7.05 Å². The third-order valence-electron chi connectivity index (χ3n) is 2.84. The van der Waals surface area contributed by atoms with Gasteiger partial charge in [0.2, 0.25) is 0 Å². The lowest BCUT2D eigenvalue weighted by Gasteiger charge is -2.07. The molecule has 0 saturated heterocycles. The van der Waals surface area contributed by atoms with Crippen LogP contribution in [0.25, 0.3) is 0 Å². The Morgan fingerprint density at radius 1 is 1.53 bits per heavy atom. The van der Waals surface area contributed by atoms with Crippen LogP contribution in [0.3, 0.4) is 0 Å². The average Bonchev–Trinajstić information content (AvgIpc) is 2.57. The van der Waals surface area contributed by atoms with Gasteiger partial charge in [0.1, 0.15) is 5.25 Å². The van der Waals surface area contributed by atoms with E-state index in [-0.39, 0.29) is 12.2 Å². The highest BCUT2D eigenvalue weighted by Gasteiger charge is 2.24. The summed E-state index contributed by atoms with van der Waals surface area (Å²) in [5.74, 6) is -0.293. The van der Waals surface area contributed by atoms with Crippen LogP contribution in [0.1, 0.15) is 25.2 Å². The van der Waals surface area contributed by atoms with Crippen molar-refractivity contribution in [2.75, 3.05) is 6.26 Å². The quantitative estimate of drug-likeness (QED) is 0.772. The van der Waals surface area contributed by atoms with Gasteiger partial charge < -0.3 is 0 Å². The second kappa shape index (κ2) is 5.00. The Morgan fingerprint density at radius 3 is 2.53 bits per heavy atom. The Hall–Kier alpha value is -1.17. The molecular formula is C11H18N2O3S. The minimum Gasteiger partial charge on any atom is -0.298 e. The van der Waals surface area contributed by atoms with Crippen molar-refractivity contribution >= 4 is 15.6 Å². The van der Waals surface area contributed by atoms with Gasteiger partial charge in [-0.15, -0.1) is 0 Å². The van der Waals surface area contributed by atoms with Crippen LogP contribution in [0.5, 0.6) is 0 Å². The fourth-order valence-corrected chi connectivity index (χ4v) is 2.03. The van der Waals surface area contributed by atoms with Crippen molar-refractivity contribution in [2.45, 2.75) is 31.9 Å². The molecule has 0 saturated carbocycles. The second-order valence-corrected chi connectivity index (χ2v) is 6.59. The highest BCUT2D eigenvalue weighted by atomic mass is 32.2. The van der Waals surface area contributed by atoms with E-state index < -0.39 is 15.1 Å². The minimum atomic E-state index is -3.31. The Kier molecular flexibility index (Phi) is 4.08. The zero-order chi connectivity index (χ0) is 13.2. The van der Waals surface area contributed by atoms with Gasteiger partial charge in [-0.25, -0.2) is 8.42 Å². The SMILES string of the molecule is CCc1cc(CC(=O)C(C)S(C)(=O)=O)n(C)n1. The minimum absolute atomic E-state index is 0.109. The molecule has 1 atom stereocenters. The van der Waals surface area contributed by atoms with E-state index in [2.05, 4.69) is 5.10 Å². The summed E-state index contributed by atoms with van der Waals surface area (Å²) in [7, 11) is -1.56. The molecule has 0 aromatic carbocycles. The summed E-state index contributed by atoms with van der Waals surface area (Å²) >= 11 is 0. The number of carbonyl (C=O) groups excluding carboxylic acids is 1. The number of rotatable bonds is 5. The van der Waals surface area contributed by atoms with E-state index in [1.807, 2.05) is 13.0 Å². The fraction of sp³-hybridized carbons (Fsp3) is 0.636. The van der Waals surface area contributed by atoms with Crippen LogP contribution in [0.2, 0.25) is 0 Å². The zero-order valence-electron chi connectivity index (χ0n) is 10.6. The number of hydrogen-bond acceptors (Lipinski definition) is 4. The van der Waals surface area contributed by atoms with Gasteiger partial charge in [-0.05, 0) is 19.4 Å². The van der Waals surface area contributed by atoms with Crippen LogP contribution in [0.4, 0.5) is 0 Å². The summed E-state index contributed by atoms with van der Waals surface area (Å²) in [6.45, 7) is 3.40. The van der Waals surface area contributed by atoms with Crippen LogP contribution in [-0.4, -0.2) is 35.5 Å². The molecule has 0 aliphatic heterocycles. The van der Waals surface area contributed by atoms with Gasteiger partial charge in [0.15, 0.2) is 15.6 Å². The first kappa shape index (κ1) is 13.9. The van der Waals surface area contributed by atoms with Crippen LogP contribution in [0, 0.1) is 0 Å². The first-order valence-corrected chi connectivity index (χ1v) is 7.44. The molecular weight excluding hydrogens is 240 g/mol. The molecule has 0 bridgehead atoms. The van der Waals surface area contributed by atoms with E-state index in [1.54, 1.807) is 11.7 Å². The van der Waals surface area contributed by atoms with E-state index in [4.69, 9.17) is 0 Å². The second-order valence-electron chi connectivity index (χ2n) is 4.22. The lowest BCUT2D eigenvalue weighted by atomic mass is 10.1. The predicted octanol–water partition coefficient (Wildman–Crippen LogP) is 0.527. The van der Waals surface area contributed by atoms with E-state index in [1.165, 1.54) is 6.92 Å². The summed E-state index contributed by atoms with van der Waals surface area (Å²) in [6.07, 6.45) is 1.98. The zero-order valence-corrected chi connectivity index (χ0v) is 11.4. The molecule has 0 amide bonds. The summed E-state index contributed by atoms with van der Waals surface area (Å²) in [6, 6.07) is 1.84. The summed E-state index contributed by atoms with van der Waals surface area (Å²) in [5.41, 5.74) is 1.66. The number of ketones is 1. The largest absolute Gasteiger partial charge is 0.298 e. The Morgan fingerprint density at radius 2 is 2.12 bits per heavy atom. The molecule has 1 aromatic heterocycles. The summed E-state index contributed by atoms with van der Waals surface area (Å²) in [4.78, 5) is 11.8. The number of carbonyl (C=O) groups is 1. The molecule has 1 aromatic rings. The Bertz CT molecular complexity index is 517. The molecule has 0 spiro atoms. The number of hydrogen-bond donors (Lipinski definition) is 0. The Balaban J connectivity index is 2.85.